The summed E-state index contributed by atoms with van der Waals surface area (Å²) in [6, 6.07) is 0. The Kier molecular flexibility index (Phi) is 2.58. The molecule has 0 aromatic carbocycles. The highest BCUT2D eigenvalue weighted by Gasteiger charge is 2.54. The topological polar surface area (TPSA) is 83.3 Å². The number of carbonyl (C=O) groups excluding carboxylic acids is 1. The molecule has 2 fully saturated rings. The molecule has 80 valence electrons. The van der Waals surface area contributed by atoms with E-state index in [9.17, 15) is 4.79 Å². The van der Waals surface area contributed by atoms with E-state index in [2.05, 4.69) is 4.74 Å². The number of nitrogens with two attached hydrogens (primary N) is 1. The van der Waals surface area contributed by atoms with E-state index < -0.39 is 6.09 Å². The molecule has 2 rings (SSSR count). The molecule has 0 aliphatic carbocycles. The lowest BCUT2D eigenvalue weighted by molar-refractivity contribution is -0.0833. The number of rotatable bonds is 4. The van der Waals surface area contributed by atoms with Crippen molar-refractivity contribution in [3.63, 3.8) is 0 Å². The maximum Gasteiger partial charge on any atom is 0.404 e. The van der Waals surface area contributed by atoms with Gasteiger partial charge in [-0.2, -0.15) is 0 Å². The van der Waals surface area contributed by atoms with Gasteiger partial charge in [-0.3, -0.25) is 0 Å². The van der Waals surface area contributed by atoms with E-state index in [1.165, 1.54) is 7.11 Å². The molecule has 2 N–H and O–H groups in total. The molecule has 0 saturated carbocycles. The van der Waals surface area contributed by atoms with Crippen molar-refractivity contribution >= 4 is 6.09 Å². The standard InChI is InChI=1S/C8H13NO5/c1-11-4(2-13-8(9)10)6-7-5(14-7)3-12-6/h4-7H,2-3H2,1H3,(H2,9,10)/t4-,5-,6+,7+/m0/s1. The first kappa shape index (κ1) is 9.70. The maximum absolute atomic E-state index is 10.4. The summed E-state index contributed by atoms with van der Waals surface area (Å²) in [5.74, 6) is 0. The Bertz CT molecular complexity index is 234. The molecule has 0 radical (unpaired) electrons. The van der Waals surface area contributed by atoms with Crippen molar-refractivity contribution in [3.05, 3.63) is 0 Å². The van der Waals surface area contributed by atoms with Crippen LogP contribution in [0.3, 0.4) is 0 Å². The van der Waals surface area contributed by atoms with E-state index >= 15 is 0 Å². The fraction of sp³-hybridized carbons (Fsp3) is 0.875. The van der Waals surface area contributed by atoms with Crippen molar-refractivity contribution < 1.29 is 23.7 Å². The lowest BCUT2D eigenvalue weighted by Gasteiger charge is -2.21. The third-order valence-corrected chi connectivity index (χ3v) is 2.46. The molecule has 4 atom stereocenters. The number of epoxide rings is 1. The molecule has 1 amide bonds. The van der Waals surface area contributed by atoms with Crippen molar-refractivity contribution in [1.29, 1.82) is 0 Å². The number of methoxy groups -OCH3 is 1. The number of fused-ring (bicyclic) bond motifs is 1. The molecule has 2 aliphatic rings. The predicted molar refractivity (Wildman–Crippen MR) is 44.7 cm³/mol. The maximum atomic E-state index is 10.4. The summed E-state index contributed by atoms with van der Waals surface area (Å²) >= 11 is 0. The number of carbonyl (C=O) groups is 1. The van der Waals surface area contributed by atoms with Gasteiger partial charge < -0.3 is 24.7 Å². The molecular weight excluding hydrogens is 190 g/mol. The zero-order valence-corrected chi connectivity index (χ0v) is 7.84. The van der Waals surface area contributed by atoms with Crippen LogP contribution in [0.1, 0.15) is 0 Å². The van der Waals surface area contributed by atoms with Gasteiger partial charge in [0.1, 0.15) is 31.0 Å². The van der Waals surface area contributed by atoms with E-state index in [1.807, 2.05) is 0 Å². The summed E-state index contributed by atoms with van der Waals surface area (Å²) in [7, 11) is 1.54. The quantitative estimate of drug-likeness (QED) is 0.608. The minimum Gasteiger partial charge on any atom is -0.447 e. The number of ether oxygens (including phenoxy) is 4. The first-order chi connectivity index (χ1) is 6.72. The van der Waals surface area contributed by atoms with Gasteiger partial charge in [0.05, 0.1) is 6.61 Å². The Morgan fingerprint density at radius 2 is 2.50 bits per heavy atom. The SMILES string of the molecule is CO[C@@H](COC(N)=O)[C@H]1OC[C@@H]2O[C@@H]12. The lowest BCUT2D eigenvalue weighted by atomic mass is 10.1. The van der Waals surface area contributed by atoms with Crippen LogP contribution in [0.2, 0.25) is 0 Å². The van der Waals surface area contributed by atoms with Crippen LogP contribution >= 0.6 is 0 Å². The molecule has 2 heterocycles. The zero-order chi connectivity index (χ0) is 10.1. The van der Waals surface area contributed by atoms with Crippen LogP contribution in [0, 0.1) is 0 Å². The average molecular weight is 203 g/mol. The van der Waals surface area contributed by atoms with Crippen molar-refractivity contribution in [2.24, 2.45) is 5.73 Å². The Morgan fingerprint density at radius 1 is 1.71 bits per heavy atom. The van der Waals surface area contributed by atoms with E-state index in [-0.39, 0.29) is 31.0 Å². The smallest absolute Gasteiger partial charge is 0.404 e. The van der Waals surface area contributed by atoms with Crippen LogP contribution < -0.4 is 5.73 Å². The highest BCUT2D eigenvalue weighted by Crippen LogP contribution is 2.36. The van der Waals surface area contributed by atoms with Gasteiger partial charge >= 0.3 is 6.09 Å². The van der Waals surface area contributed by atoms with Gasteiger partial charge in [-0.25, -0.2) is 4.79 Å². The van der Waals surface area contributed by atoms with Crippen LogP contribution in [0.25, 0.3) is 0 Å². The molecule has 0 bridgehead atoms. The fourth-order valence-corrected chi connectivity index (χ4v) is 1.66. The third-order valence-electron chi connectivity index (χ3n) is 2.46. The third kappa shape index (κ3) is 1.82. The highest BCUT2D eigenvalue weighted by molar-refractivity contribution is 5.64. The number of hydrogen-bond acceptors (Lipinski definition) is 5. The first-order valence-corrected chi connectivity index (χ1v) is 4.44. The molecule has 0 aromatic heterocycles. The van der Waals surface area contributed by atoms with E-state index in [0.717, 1.165) is 0 Å². The second-order valence-corrected chi connectivity index (χ2v) is 3.34. The minimum atomic E-state index is -0.807. The Hall–Kier alpha value is -0.850. The number of hydrogen-bond donors (Lipinski definition) is 1. The Morgan fingerprint density at radius 3 is 2.93 bits per heavy atom. The van der Waals surface area contributed by atoms with Crippen LogP contribution in [0.5, 0.6) is 0 Å². The largest absolute Gasteiger partial charge is 0.447 e. The van der Waals surface area contributed by atoms with E-state index in [1.54, 1.807) is 0 Å². The van der Waals surface area contributed by atoms with E-state index in [4.69, 9.17) is 19.9 Å². The van der Waals surface area contributed by atoms with Gasteiger partial charge in [-0.15, -0.1) is 0 Å². The summed E-state index contributed by atoms with van der Waals surface area (Å²) in [4.78, 5) is 10.4. The van der Waals surface area contributed by atoms with Gasteiger partial charge in [0.2, 0.25) is 0 Å². The predicted octanol–water partition coefficient (Wildman–Crippen LogP) is -0.737. The summed E-state index contributed by atoms with van der Waals surface area (Å²) in [6.07, 6.45) is -0.967. The van der Waals surface area contributed by atoms with Gasteiger partial charge in [0.25, 0.3) is 0 Å². The van der Waals surface area contributed by atoms with Crippen LogP contribution in [0.4, 0.5) is 4.79 Å². The fourth-order valence-electron chi connectivity index (χ4n) is 1.66. The lowest BCUT2D eigenvalue weighted by Crippen LogP contribution is -2.37. The molecule has 0 spiro atoms. The summed E-state index contributed by atoms with van der Waals surface area (Å²) in [5.41, 5.74) is 4.85. The molecule has 6 nitrogen and oxygen atoms in total. The highest BCUT2D eigenvalue weighted by atomic mass is 16.7. The number of primary amides is 1. The van der Waals surface area contributed by atoms with Gasteiger partial charge in [0, 0.05) is 7.11 Å². The van der Waals surface area contributed by atoms with Crippen LogP contribution in [0.15, 0.2) is 0 Å². The summed E-state index contributed by atoms with van der Waals surface area (Å²) in [5, 5.41) is 0. The Labute approximate surface area is 81.2 Å². The van der Waals surface area contributed by atoms with E-state index in [0.29, 0.717) is 6.61 Å². The van der Waals surface area contributed by atoms with Crippen molar-refractivity contribution in [1.82, 2.24) is 0 Å². The molecule has 14 heavy (non-hydrogen) atoms. The second kappa shape index (κ2) is 3.72. The summed E-state index contributed by atoms with van der Waals surface area (Å²) < 4.78 is 20.5. The molecule has 6 heteroatoms. The average Bonchev–Trinajstić information content (AvgIpc) is 2.82. The first-order valence-electron chi connectivity index (χ1n) is 4.44. The molecule has 2 saturated heterocycles. The van der Waals surface area contributed by atoms with Gasteiger partial charge in [0.15, 0.2) is 0 Å². The molecule has 0 aromatic rings. The molecule has 0 unspecified atom stereocenters. The second-order valence-electron chi connectivity index (χ2n) is 3.34. The zero-order valence-electron chi connectivity index (χ0n) is 7.84. The summed E-state index contributed by atoms with van der Waals surface area (Å²) in [6.45, 7) is 0.689. The number of amides is 1. The van der Waals surface area contributed by atoms with Crippen molar-refractivity contribution in [2.45, 2.75) is 24.4 Å². The van der Waals surface area contributed by atoms with Crippen molar-refractivity contribution in [3.8, 4) is 0 Å². The van der Waals surface area contributed by atoms with Gasteiger partial charge in [-0.05, 0) is 0 Å². The Balaban J connectivity index is 1.82. The molecule has 2 aliphatic heterocycles. The minimum absolute atomic E-state index is 0.0939. The molecular formula is C8H13NO5. The van der Waals surface area contributed by atoms with Gasteiger partial charge in [-0.1, -0.05) is 0 Å². The van der Waals surface area contributed by atoms with Crippen molar-refractivity contribution in [2.75, 3.05) is 20.3 Å². The monoisotopic (exact) mass is 203 g/mol. The normalized spacial score (nSPS) is 36.2. The van der Waals surface area contributed by atoms with Crippen LogP contribution in [-0.4, -0.2) is 50.8 Å². The van der Waals surface area contributed by atoms with Crippen LogP contribution in [-0.2, 0) is 18.9 Å².